The van der Waals surface area contributed by atoms with Crippen molar-refractivity contribution in [2.75, 3.05) is 37.0 Å². The summed E-state index contributed by atoms with van der Waals surface area (Å²) < 4.78 is 0. The molecule has 0 aromatic heterocycles. The summed E-state index contributed by atoms with van der Waals surface area (Å²) in [6.07, 6.45) is 0.928. The lowest BCUT2D eigenvalue weighted by molar-refractivity contribution is -0.128. The molecule has 2 rings (SSSR count). The smallest absolute Gasteiger partial charge is 0.237 e. The first-order chi connectivity index (χ1) is 9.15. The van der Waals surface area contributed by atoms with E-state index >= 15 is 0 Å². The maximum absolute atomic E-state index is 11.5. The highest BCUT2D eigenvalue weighted by Gasteiger charge is 2.20. The van der Waals surface area contributed by atoms with Crippen molar-refractivity contribution >= 4 is 34.8 Å². The maximum atomic E-state index is 11.5. The summed E-state index contributed by atoms with van der Waals surface area (Å²) in [6, 6.07) is 6.13. The molecule has 5 heteroatoms. The van der Waals surface area contributed by atoms with Gasteiger partial charge in [-0.15, -0.1) is 11.6 Å². The third kappa shape index (κ3) is 3.34. The van der Waals surface area contributed by atoms with Crippen LogP contribution in [0.3, 0.4) is 0 Å². The number of aryl methyl sites for hydroxylation is 1. The number of piperazine rings is 1. The summed E-state index contributed by atoms with van der Waals surface area (Å²) in [4.78, 5) is 15.6. The van der Waals surface area contributed by atoms with E-state index in [0.29, 0.717) is 0 Å². The number of hydrogen-bond acceptors (Lipinski definition) is 2. The molecular weight excluding hydrogens is 283 g/mol. The molecule has 1 amide bonds. The number of carbonyl (C=O) groups is 1. The maximum Gasteiger partial charge on any atom is 0.237 e. The molecular formula is C14H18Cl2N2O. The summed E-state index contributed by atoms with van der Waals surface area (Å²) in [6.45, 7) is 5.24. The second-order valence-corrected chi connectivity index (χ2v) is 5.31. The lowest BCUT2D eigenvalue weighted by Gasteiger charge is -2.36. The number of rotatable bonds is 3. The Morgan fingerprint density at radius 2 is 1.95 bits per heavy atom. The number of hydrogen-bond donors (Lipinski definition) is 0. The van der Waals surface area contributed by atoms with Gasteiger partial charge in [-0.3, -0.25) is 4.79 Å². The fourth-order valence-electron chi connectivity index (χ4n) is 2.33. The Balaban J connectivity index is 2.03. The third-order valence-electron chi connectivity index (χ3n) is 3.52. The zero-order valence-corrected chi connectivity index (χ0v) is 12.5. The first-order valence-corrected chi connectivity index (χ1v) is 7.44. The van der Waals surface area contributed by atoms with Crippen molar-refractivity contribution in [1.29, 1.82) is 0 Å². The molecule has 19 heavy (non-hydrogen) atoms. The van der Waals surface area contributed by atoms with Crippen molar-refractivity contribution in [1.82, 2.24) is 4.90 Å². The number of halogens is 2. The van der Waals surface area contributed by atoms with Gasteiger partial charge in [-0.25, -0.2) is 0 Å². The molecule has 1 heterocycles. The highest BCUT2D eigenvalue weighted by molar-refractivity contribution is 6.31. The van der Waals surface area contributed by atoms with Gasteiger partial charge in [-0.05, 0) is 30.2 Å². The van der Waals surface area contributed by atoms with Crippen LogP contribution < -0.4 is 4.90 Å². The predicted molar refractivity (Wildman–Crippen MR) is 80.3 cm³/mol. The van der Waals surface area contributed by atoms with E-state index in [0.717, 1.165) is 37.6 Å². The zero-order valence-electron chi connectivity index (χ0n) is 11.0. The third-order valence-corrected chi connectivity index (χ3v) is 4.12. The standard InChI is InChI=1S/C14H18Cl2N2O/c1-2-11-9-12(3-4-13(11)16)17-5-7-18(8-6-17)14(19)10-15/h3-4,9H,2,5-8,10H2,1H3. The van der Waals surface area contributed by atoms with Crippen molar-refractivity contribution in [3.05, 3.63) is 28.8 Å². The summed E-state index contributed by atoms with van der Waals surface area (Å²) in [7, 11) is 0. The molecule has 0 saturated carbocycles. The topological polar surface area (TPSA) is 23.6 Å². The fraction of sp³-hybridized carbons (Fsp3) is 0.500. The van der Waals surface area contributed by atoms with Crippen molar-refractivity contribution < 1.29 is 4.79 Å². The summed E-state index contributed by atoms with van der Waals surface area (Å²) in [5.74, 6) is 0.0904. The zero-order chi connectivity index (χ0) is 13.8. The van der Waals surface area contributed by atoms with Crippen LogP contribution in [-0.2, 0) is 11.2 Å². The molecule has 3 nitrogen and oxygen atoms in total. The van der Waals surface area contributed by atoms with Gasteiger partial charge in [0.25, 0.3) is 0 Å². The van der Waals surface area contributed by atoms with E-state index in [1.807, 2.05) is 17.0 Å². The Labute approximate surface area is 124 Å². The molecule has 1 aliphatic rings. The molecule has 1 aromatic carbocycles. The number of amides is 1. The SMILES string of the molecule is CCc1cc(N2CCN(C(=O)CCl)CC2)ccc1Cl. The lowest BCUT2D eigenvalue weighted by atomic mass is 10.1. The second-order valence-electron chi connectivity index (χ2n) is 4.63. The number of nitrogens with zero attached hydrogens (tertiary/aromatic N) is 2. The Morgan fingerprint density at radius 3 is 2.53 bits per heavy atom. The van der Waals surface area contributed by atoms with Crippen LogP contribution in [0.1, 0.15) is 12.5 Å². The van der Waals surface area contributed by atoms with Crippen molar-refractivity contribution in [3.63, 3.8) is 0 Å². The Kier molecular flexibility index (Phi) is 4.94. The van der Waals surface area contributed by atoms with Gasteiger partial charge in [0.2, 0.25) is 5.91 Å². The molecule has 1 aliphatic heterocycles. The van der Waals surface area contributed by atoms with Crippen LogP contribution >= 0.6 is 23.2 Å². The average Bonchev–Trinajstić information content (AvgIpc) is 2.47. The number of alkyl halides is 1. The van der Waals surface area contributed by atoms with E-state index in [1.165, 1.54) is 11.3 Å². The predicted octanol–water partition coefficient (Wildman–Crippen LogP) is 2.79. The largest absolute Gasteiger partial charge is 0.368 e. The minimum absolute atomic E-state index is 0.0201. The molecule has 1 saturated heterocycles. The van der Waals surface area contributed by atoms with Crippen molar-refractivity contribution in [2.24, 2.45) is 0 Å². The minimum atomic E-state index is 0.0201. The van der Waals surface area contributed by atoms with E-state index in [2.05, 4.69) is 17.9 Å². The monoisotopic (exact) mass is 300 g/mol. The first kappa shape index (κ1) is 14.5. The van der Waals surface area contributed by atoms with Gasteiger partial charge in [0.15, 0.2) is 0 Å². The van der Waals surface area contributed by atoms with Gasteiger partial charge >= 0.3 is 0 Å². The van der Waals surface area contributed by atoms with Gasteiger partial charge in [-0.2, -0.15) is 0 Å². The molecule has 1 aromatic rings. The Hall–Kier alpha value is -0.930. The summed E-state index contributed by atoms with van der Waals surface area (Å²) in [5, 5.41) is 0.821. The summed E-state index contributed by atoms with van der Waals surface area (Å²) in [5.41, 5.74) is 2.35. The minimum Gasteiger partial charge on any atom is -0.368 e. The molecule has 0 bridgehead atoms. The van der Waals surface area contributed by atoms with E-state index in [9.17, 15) is 4.79 Å². The number of carbonyl (C=O) groups excluding carboxylic acids is 1. The molecule has 1 fully saturated rings. The van der Waals surface area contributed by atoms with Gasteiger partial charge in [-0.1, -0.05) is 18.5 Å². The fourth-order valence-corrected chi connectivity index (χ4v) is 2.75. The van der Waals surface area contributed by atoms with Crippen LogP contribution in [0.5, 0.6) is 0 Å². The Morgan fingerprint density at radius 1 is 1.26 bits per heavy atom. The average molecular weight is 301 g/mol. The molecule has 104 valence electrons. The van der Waals surface area contributed by atoms with Gasteiger partial charge in [0, 0.05) is 36.9 Å². The van der Waals surface area contributed by atoms with E-state index in [-0.39, 0.29) is 11.8 Å². The van der Waals surface area contributed by atoms with Crippen LogP contribution in [0.25, 0.3) is 0 Å². The normalized spacial score (nSPS) is 15.7. The van der Waals surface area contributed by atoms with E-state index in [4.69, 9.17) is 23.2 Å². The Bertz CT molecular complexity index is 457. The van der Waals surface area contributed by atoms with Gasteiger partial charge in [0.1, 0.15) is 5.88 Å². The summed E-state index contributed by atoms with van der Waals surface area (Å²) >= 11 is 11.7. The van der Waals surface area contributed by atoms with E-state index in [1.54, 1.807) is 0 Å². The number of benzene rings is 1. The molecule has 0 atom stereocenters. The highest BCUT2D eigenvalue weighted by Crippen LogP contribution is 2.24. The number of anilines is 1. The van der Waals surface area contributed by atoms with Crippen LogP contribution in [0.15, 0.2) is 18.2 Å². The quantitative estimate of drug-likeness (QED) is 0.802. The lowest BCUT2D eigenvalue weighted by Crippen LogP contribution is -2.49. The van der Waals surface area contributed by atoms with Crippen LogP contribution in [0.4, 0.5) is 5.69 Å². The molecule has 0 aliphatic carbocycles. The van der Waals surface area contributed by atoms with Crippen molar-refractivity contribution in [2.45, 2.75) is 13.3 Å². The molecule has 0 spiro atoms. The van der Waals surface area contributed by atoms with Crippen LogP contribution in [-0.4, -0.2) is 42.9 Å². The first-order valence-electron chi connectivity index (χ1n) is 6.52. The molecule has 0 unspecified atom stereocenters. The second kappa shape index (κ2) is 6.49. The van der Waals surface area contributed by atoms with Gasteiger partial charge in [0.05, 0.1) is 0 Å². The highest BCUT2D eigenvalue weighted by atomic mass is 35.5. The van der Waals surface area contributed by atoms with Crippen molar-refractivity contribution in [3.8, 4) is 0 Å². The van der Waals surface area contributed by atoms with Crippen LogP contribution in [0, 0.1) is 0 Å². The van der Waals surface area contributed by atoms with Gasteiger partial charge < -0.3 is 9.80 Å². The molecule has 0 N–H and O–H groups in total. The molecule has 0 radical (unpaired) electrons. The van der Waals surface area contributed by atoms with Crippen LogP contribution in [0.2, 0.25) is 5.02 Å². The van der Waals surface area contributed by atoms with E-state index < -0.39 is 0 Å².